The molecule has 0 aromatic heterocycles. The quantitative estimate of drug-likeness (QED) is 0.461. The van der Waals surface area contributed by atoms with E-state index >= 15 is 0 Å². The lowest BCUT2D eigenvalue weighted by molar-refractivity contribution is -0.143. The first-order valence-electron chi connectivity index (χ1n) is 10.1. The Morgan fingerprint density at radius 2 is 1.35 bits per heavy atom. The number of hydrogen-bond acceptors (Lipinski definition) is 9. The second-order valence-corrected chi connectivity index (χ2v) is 7.01. The average Bonchev–Trinajstić information content (AvgIpc) is 2.89. The molecule has 0 saturated carbocycles. The largest absolute Gasteiger partial charge is 0.466 e. The van der Waals surface area contributed by atoms with E-state index in [1.165, 1.54) is 4.90 Å². The molecule has 9 nitrogen and oxygen atoms in total. The molecule has 2 aliphatic heterocycles. The van der Waals surface area contributed by atoms with Gasteiger partial charge in [-0.25, -0.2) is 19.2 Å². The predicted octanol–water partition coefficient (Wildman–Crippen LogP) is 2.08. The van der Waals surface area contributed by atoms with E-state index < -0.39 is 41.1 Å². The van der Waals surface area contributed by atoms with Crippen molar-refractivity contribution < 1.29 is 38.1 Å². The molecule has 0 aliphatic carbocycles. The highest BCUT2D eigenvalue weighted by atomic mass is 16.5. The number of hydrogen-bond donors (Lipinski definition) is 0. The SMILES string of the molecule is COC(=O)C1=C(C(=O)OC)[C@H]2C=CC=C(/C=C\c3ccccc3)N2C(C(=O)OC)=C1C(=O)OC. The summed E-state index contributed by atoms with van der Waals surface area (Å²) in [4.78, 5) is 53.0. The Morgan fingerprint density at radius 3 is 1.94 bits per heavy atom. The number of nitrogens with zero attached hydrogens (tertiary/aromatic N) is 1. The summed E-state index contributed by atoms with van der Waals surface area (Å²) in [6.45, 7) is 0. The summed E-state index contributed by atoms with van der Waals surface area (Å²) in [5.74, 6) is -3.82. The van der Waals surface area contributed by atoms with Crippen molar-refractivity contribution in [2.24, 2.45) is 0 Å². The molecule has 1 aromatic carbocycles. The predicted molar refractivity (Wildman–Crippen MR) is 120 cm³/mol. The van der Waals surface area contributed by atoms with Crippen LogP contribution in [0.1, 0.15) is 5.56 Å². The van der Waals surface area contributed by atoms with Crippen molar-refractivity contribution >= 4 is 30.0 Å². The monoisotopic (exact) mass is 465 g/mol. The van der Waals surface area contributed by atoms with E-state index in [2.05, 4.69) is 0 Å². The van der Waals surface area contributed by atoms with Crippen LogP contribution in [0.3, 0.4) is 0 Å². The van der Waals surface area contributed by atoms with Crippen molar-refractivity contribution in [2.75, 3.05) is 28.4 Å². The van der Waals surface area contributed by atoms with Crippen molar-refractivity contribution in [3.05, 3.63) is 88.3 Å². The number of rotatable bonds is 6. The molecule has 0 bridgehead atoms. The summed E-state index contributed by atoms with van der Waals surface area (Å²) in [6, 6.07) is 8.42. The number of ether oxygens (including phenoxy) is 4. The molecule has 2 aliphatic rings. The van der Waals surface area contributed by atoms with Gasteiger partial charge in [-0.05, 0) is 17.7 Å². The second kappa shape index (κ2) is 10.5. The Balaban J connectivity index is 2.33. The fourth-order valence-electron chi connectivity index (χ4n) is 3.73. The molecule has 3 rings (SSSR count). The number of allylic oxidation sites excluding steroid dienone is 3. The van der Waals surface area contributed by atoms with E-state index in [1.807, 2.05) is 30.3 Å². The highest BCUT2D eigenvalue weighted by Gasteiger charge is 2.47. The summed E-state index contributed by atoms with van der Waals surface area (Å²) in [7, 11) is 4.46. The number of esters is 4. The van der Waals surface area contributed by atoms with Gasteiger partial charge in [0.05, 0.1) is 45.6 Å². The first kappa shape index (κ1) is 24.2. The van der Waals surface area contributed by atoms with Crippen LogP contribution in [0.15, 0.2) is 82.7 Å². The van der Waals surface area contributed by atoms with E-state index in [9.17, 15) is 19.2 Å². The van der Waals surface area contributed by atoms with E-state index in [0.717, 1.165) is 34.0 Å². The molecule has 0 radical (unpaired) electrons. The van der Waals surface area contributed by atoms with Crippen LogP contribution in [0.2, 0.25) is 0 Å². The molecule has 34 heavy (non-hydrogen) atoms. The summed E-state index contributed by atoms with van der Waals surface area (Å²) < 4.78 is 19.6. The van der Waals surface area contributed by atoms with Gasteiger partial charge in [0.15, 0.2) is 0 Å². The van der Waals surface area contributed by atoms with Gasteiger partial charge in [-0.1, -0.05) is 48.6 Å². The van der Waals surface area contributed by atoms with Gasteiger partial charge in [0.25, 0.3) is 0 Å². The Bertz CT molecular complexity index is 1170. The van der Waals surface area contributed by atoms with Gasteiger partial charge < -0.3 is 23.8 Å². The topological polar surface area (TPSA) is 108 Å². The van der Waals surface area contributed by atoms with Crippen molar-refractivity contribution in [1.82, 2.24) is 4.90 Å². The zero-order valence-corrected chi connectivity index (χ0v) is 19.1. The molecule has 1 aromatic rings. The first-order valence-corrected chi connectivity index (χ1v) is 10.1. The van der Waals surface area contributed by atoms with Crippen molar-refractivity contribution in [1.29, 1.82) is 0 Å². The van der Waals surface area contributed by atoms with Crippen LogP contribution in [-0.2, 0) is 38.1 Å². The lowest BCUT2D eigenvalue weighted by Crippen LogP contribution is -2.46. The first-order chi connectivity index (χ1) is 16.4. The van der Waals surface area contributed by atoms with Gasteiger partial charge in [0.1, 0.15) is 11.3 Å². The fraction of sp³-hybridized carbons (Fsp3) is 0.200. The third-order valence-electron chi connectivity index (χ3n) is 5.22. The highest BCUT2D eigenvalue weighted by molar-refractivity contribution is 6.17. The molecule has 2 heterocycles. The number of methoxy groups -OCH3 is 4. The Labute approximate surface area is 196 Å². The van der Waals surface area contributed by atoms with E-state index in [4.69, 9.17) is 18.9 Å². The molecule has 0 saturated heterocycles. The molecule has 0 spiro atoms. The highest BCUT2D eigenvalue weighted by Crippen LogP contribution is 2.40. The average molecular weight is 465 g/mol. The minimum Gasteiger partial charge on any atom is -0.466 e. The lowest BCUT2D eigenvalue weighted by atomic mass is 9.85. The second-order valence-electron chi connectivity index (χ2n) is 7.01. The summed E-state index contributed by atoms with van der Waals surface area (Å²) in [5, 5.41) is 0. The zero-order chi connectivity index (χ0) is 24.8. The standard InChI is InChI=1S/C25H23NO8/c1-31-22(27)18-17-12-8-11-16(14-13-15-9-6-5-7-10-15)26(17)21(25(30)34-4)20(24(29)33-3)19(18)23(28)32-2/h5-14,17H,1-4H3/b14-13-/t17-/m1/s1. The molecule has 0 N–H and O–H groups in total. The van der Waals surface area contributed by atoms with Crippen molar-refractivity contribution in [2.45, 2.75) is 6.04 Å². The zero-order valence-electron chi connectivity index (χ0n) is 19.1. The van der Waals surface area contributed by atoms with Crippen LogP contribution in [0.25, 0.3) is 6.08 Å². The minimum atomic E-state index is -1.03. The molecule has 176 valence electrons. The molecule has 0 unspecified atom stereocenters. The third-order valence-corrected chi connectivity index (χ3v) is 5.22. The van der Waals surface area contributed by atoms with Gasteiger partial charge in [0.2, 0.25) is 0 Å². The molecule has 0 fully saturated rings. The molecule has 9 heteroatoms. The van der Waals surface area contributed by atoms with Crippen LogP contribution in [-0.4, -0.2) is 63.3 Å². The van der Waals surface area contributed by atoms with Crippen LogP contribution in [0, 0.1) is 0 Å². The van der Waals surface area contributed by atoms with E-state index in [0.29, 0.717) is 5.70 Å². The Morgan fingerprint density at radius 1 is 0.765 bits per heavy atom. The van der Waals surface area contributed by atoms with Crippen LogP contribution < -0.4 is 0 Å². The third kappa shape index (κ3) is 4.40. The minimum absolute atomic E-state index is 0.183. The van der Waals surface area contributed by atoms with Crippen LogP contribution in [0.5, 0.6) is 0 Å². The summed E-state index contributed by atoms with van der Waals surface area (Å²) in [6.07, 6.45) is 8.45. The molecular weight excluding hydrogens is 442 g/mol. The van der Waals surface area contributed by atoms with E-state index in [-0.39, 0.29) is 11.3 Å². The number of carbonyl (C=O) groups is 4. The fourth-order valence-corrected chi connectivity index (χ4v) is 3.73. The molecule has 0 amide bonds. The maximum atomic E-state index is 13.0. The smallest absolute Gasteiger partial charge is 0.355 e. The van der Waals surface area contributed by atoms with Crippen LogP contribution >= 0.6 is 0 Å². The van der Waals surface area contributed by atoms with Gasteiger partial charge in [-0.15, -0.1) is 0 Å². The number of benzene rings is 1. The summed E-state index contributed by atoms with van der Waals surface area (Å²) >= 11 is 0. The van der Waals surface area contributed by atoms with Crippen molar-refractivity contribution in [3.63, 3.8) is 0 Å². The summed E-state index contributed by atoms with van der Waals surface area (Å²) in [5.41, 5.74) is -0.0308. The van der Waals surface area contributed by atoms with Gasteiger partial charge in [0, 0.05) is 5.70 Å². The van der Waals surface area contributed by atoms with Crippen molar-refractivity contribution in [3.8, 4) is 0 Å². The number of carbonyl (C=O) groups excluding carboxylic acids is 4. The lowest BCUT2D eigenvalue weighted by Gasteiger charge is -2.40. The molecule has 1 atom stereocenters. The normalized spacial score (nSPS) is 17.2. The van der Waals surface area contributed by atoms with Crippen LogP contribution in [0.4, 0.5) is 0 Å². The Hall–Kier alpha value is -4.40. The van der Waals surface area contributed by atoms with Gasteiger partial charge >= 0.3 is 23.9 Å². The van der Waals surface area contributed by atoms with E-state index in [1.54, 1.807) is 30.4 Å². The van der Waals surface area contributed by atoms with Gasteiger partial charge in [-0.2, -0.15) is 0 Å². The molecular formula is C25H23NO8. The number of fused-ring (bicyclic) bond motifs is 1. The maximum Gasteiger partial charge on any atom is 0.355 e. The van der Waals surface area contributed by atoms with Gasteiger partial charge in [-0.3, -0.25) is 0 Å². The maximum absolute atomic E-state index is 13.0. The Kier molecular flexibility index (Phi) is 7.47.